The van der Waals surface area contributed by atoms with Crippen LogP contribution in [0.1, 0.15) is 18.1 Å². The summed E-state index contributed by atoms with van der Waals surface area (Å²) in [6.45, 7) is 0.537. The first-order chi connectivity index (χ1) is 12.4. The minimum atomic E-state index is -6.05. The fourth-order valence-electron chi connectivity index (χ4n) is 1.98. The van der Waals surface area contributed by atoms with Crippen molar-refractivity contribution in [3.05, 3.63) is 23.3 Å². The number of ether oxygens (including phenoxy) is 4. The highest BCUT2D eigenvalue weighted by molar-refractivity contribution is 5.74. The average Bonchev–Trinajstić information content (AvgIpc) is 2.58. The van der Waals surface area contributed by atoms with Gasteiger partial charge in [-0.2, -0.15) is 22.0 Å². The van der Waals surface area contributed by atoms with Crippen molar-refractivity contribution in [3.63, 3.8) is 0 Å². The van der Waals surface area contributed by atoms with Crippen LogP contribution in [0.25, 0.3) is 0 Å². The first-order valence-electron chi connectivity index (χ1n) is 7.50. The molecule has 0 spiro atoms. The molecule has 152 valence electrons. The van der Waals surface area contributed by atoms with Crippen molar-refractivity contribution < 1.29 is 50.5 Å². The van der Waals surface area contributed by atoms with Gasteiger partial charge in [-0.05, 0) is 24.1 Å². The van der Waals surface area contributed by atoms with Gasteiger partial charge in [0.1, 0.15) is 11.5 Å². The summed E-state index contributed by atoms with van der Waals surface area (Å²) in [6, 6.07) is 2.80. The molecule has 0 aromatic heterocycles. The maximum Gasteiger partial charge on any atom is 0.501 e. The Bertz CT molecular complexity index is 687. The van der Waals surface area contributed by atoms with Crippen molar-refractivity contribution >= 4 is 11.9 Å². The second-order valence-corrected chi connectivity index (χ2v) is 5.16. The number of hydrogen-bond acceptors (Lipinski definition) is 6. The molecule has 27 heavy (non-hydrogen) atoms. The maximum atomic E-state index is 12.7. The number of carbonyl (C=O) groups is 2. The first kappa shape index (κ1) is 22.5. The highest BCUT2D eigenvalue weighted by Crippen LogP contribution is 2.36. The zero-order valence-electron chi connectivity index (χ0n) is 14.6. The Labute approximate surface area is 151 Å². The molecular weight excluding hydrogens is 383 g/mol. The summed E-state index contributed by atoms with van der Waals surface area (Å²) in [7, 11) is 2.52. The fraction of sp³-hybridized carbons (Fsp3) is 0.500. The minimum Gasteiger partial charge on any atom is -0.496 e. The molecule has 1 aromatic carbocycles. The minimum absolute atomic E-state index is 0.0784. The Morgan fingerprint density at radius 3 is 2.04 bits per heavy atom. The standard InChI is InChI=1S/C16H17F5O6/c1-4-9-5-12(10(6-11(9)24-2)7-13(22)25-3)26-8-14(23)27-16(20,21)15(17,18)19/h5-6H,4,7-8H2,1-3H3. The van der Waals surface area contributed by atoms with Crippen LogP contribution in [0.3, 0.4) is 0 Å². The summed E-state index contributed by atoms with van der Waals surface area (Å²) in [4.78, 5) is 22.8. The van der Waals surface area contributed by atoms with E-state index in [4.69, 9.17) is 9.47 Å². The van der Waals surface area contributed by atoms with Crippen LogP contribution in [-0.2, 0) is 31.9 Å². The van der Waals surface area contributed by atoms with Crippen LogP contribution in [0.4, 0.5) is 22.0 Å². The van der Waals surface area contributed by atoms with E-state index in [1.165, 1.54) is 19.2 Å². The van der Waals surface area contributed by atoms with E-state index in [-0.39, 0.29) is 17.7 Å². The van der Waals surface area contributed by atoms with Crippen molar-refractivity contribution in [2.24, 2.45) is 0 Å². The fourth-order valence-corrected chi connectivity index (χ4v) is 1.98. The molecule has 0 atom stereocenters. The molecule has 0 aliphatic heterocycles. The molecular formula is C16H17F5O6. The smallest absolute Gasteiger partial charge is 0.496 e. The number of aryl methyl sites for hydroxylation is 1. The Morgan fingerprint density at radius 2 is 1.56 bits per heavy atom. The van der Waals surface area contributed by atoms with Crippen LogP contribution >= 0.6 is 0 Å². The third-order valence-electron chi connectivity index (χ3n) is 3.32. The summed E-state index contributed by atoms with van der Waals surface area (Å²) >= 11 is 0. The van der Waals surface area contributed by atoms with Gasteiger partial charge in [-0.25, -0.2) is 4.79 Å². The van der Waals surface area contributed by atoms with Gasteiger partial charge in [-0.3, -0.25) is 4.79 Å². The van der Waals surface area contributed by atoms with Crippen molar-refractivity contribution in [2.75, 3.05) is 20.8 Å². The SMILES string of the molecule is CCc1cc(OCC(=O)OC(F)(F)C(F)(F)F)c(CC(=O)OC)cc1OC. The lowest BCUT2D eigenvalue weighted by Gasteiger charge is -2.19. The lowest BCUT2D eigenvalue weighted by molar-refractivity contribution is -0.376. The molecule has 1 aromatic rings. The van der Waals surface area contributed by atoms with E-state index < -0.39 is 30.8 Å². The van der Waals surface area contributed by atoms with Gasteiger partial charge in [0.05, 0.1) is 20.6 Å². The molecule has 0 aliphatic rings. The average molecular weight is 400 g/mol. The molecule has 0 unspecified atom stereocenters. The van der Waals surface area contributed by atoms with Gasteiger partial charge in [-0.15, -0.1) is 0 Å². The van der Waals surface area contributed by atoms with Gasteiger partial charge < -0.3 is 18.9 Å². The van der Waals surface area contributed by atoms with E-state index in [0.717, 1.165) is 7.11 Å². The van der Waals surface area contributed by atoms with Gasteiger partial charge in [-0.1, -0.05) is 6.92 Å². The zero-order valence-corrected chi connectivity index (χ0v) is 14.6. The van der Waals surface area contributed by atoms with Crippen LogP contribution in [0, 0.1) is 0 Å². The summed E-state index contributed by atoms with van der Waals surface area (Å²) in [6.07, 6.45) is -11.5. The van der Waals surface area contributed by atoms with Gasteiger partial charge in [0.25, 0.3) is 0 Å². The molecule has 0 radical (unpaired) electrons. The maximum absolute atomic E-state index is 12.7. The third kappa shape index (κ3) is 5.97. The molecule has 0 amide bonds. The Balaban J connectivity index is 3.00. The zero-order chi connectivity index (χ0) is 20.8. The molecule has 0 heterocycles. The summed E-state index contributed by atoms with van der Waals surface area (Å²) < 4.78 is 79.4. The van der Waals surface area contributed by atoms with Crippen molar-refractivity contribution in [1.29, 1.82) is 0 Å². The molecule has 0 N–H and O–H groups in total. The van der Waals surface area contributed by atoms with E-state index in [1.54, 1.807) is 6.92 Å². The molecule has 0 aliphatic carbocycles. The topological polar surface area (TPSA) is 71.1 Å². The van der Waals surface area contributed by atoms with Gasteiger partial charge >= 0.3 is 24.2 Å². The predicted molar refractivity (Wildman–Crippen MR) is 80.7 cm³/mol. The molecule has 0 bridgehead atoms. The van der Waals surface area contributed by atoms with Crippen LogP contribution in [0.5, 0.6) is 11.5 Å². The van der Waals surface area contributed by atoms with E-state index >= 15 is 0 Å². The number of halogens is 5. The van der Waals surface area contributed by atoms with Gasteiger partial charge in [0, 0.05) is 5.56 Å². The third-order valence-corrected chi connectivity index (χ3v) is 3.32. The Kier molecular flexibility index (Phi) is 7.37. The van der Waals surface area contributed by atoms with Crippen LogP contribution in [-0.4, -0.2) is 45.0 Å². The number of carbonyl (C=O) groups excluding carboxylic acids is 2. The van der Waals surface area contributed by atoms with Crippen LogP contribution < -0.4 is 9.47 Å². The van der Waals surface area contributed by atoms with Crippen LogP contribution in [0.15, 0.2) is 12.1 Å². The first-order valence-corrected chi connectivity index (χ1v) is 7.50. The summed E-state index contributed by atoms with van der Waals surface area (Å²) in [5.41, 5.74) is 0.779. The van der Waals surface area contributed by atoms with E-state index in [0.29, 0.717) is 17.7 Å². The quantitative estimate of drug-likeness (QED) is 0.494. The monoisotopic (exact) mass is 400 g/mol. The van der Waals surface area contributed by atoms with Gasteiger partial charge in [0.15, 0.2) is 6.61 Å². The largest absolute Gasteiger partial charge is 0.501 e. The molecule has 0 saturated carbocycles. The van der Waals surface area contributed by atoms with Crippen molar-refractivity contribution in [2.45, 2.75) is 32.1 Å². The molecule has 0 saturated heterocycles. The number of esters is 2. The lowest BCUT2D eigenvalue weighted by Crippen LogP contribution is -2.41. The Hall–Kier alpha value is -2.59. The van der Waals surface area contributed by atoms with Crippen LogP contribution in [0.2, 0.25) is 0 Å². The Morgan fingerprint density at radius 1 is 0.963 bits per heavy atom. The van der Waals surface area contributed by atoms with E-state index in [2.05, 4.69) is 9.47 Å². The molecule has 6 nitrogen and oxygen atoms in total. The lowest BCUT2D eigenvalue weighted by atomic mass is 10.0. The second kappa shape index (κ2) is 8.87. The van der Waals surface area contributed by atoms with E-state index in [9.17, 15) is 31.5 Å². The number of methoxy groups -OCH3 is 2. The van der Waals surface area contributed by atoms with Gasteiger partial charge in [0.2, 0.25) is 0 Å². The second-order valence-electron chi connectivity index (χ2n) is 5.16. The summed E-state index contributed by atoms with van der Waals surface area (Å²) in [5, 5.41) is 0. The number of rotatable bonds is 8. The number of hydrogen-bond donors (Lipinski definition) is 0. The van der Waals surface area contributed by atoms with Crippen molar-refractivity contribution in [3.8, 4) is 11.5 Å². The van der Waals surface area contributed by atoms with E-state index in [1.807, 2.05) is 0 Å². The van der Waals surface area contributed by atoms with Crippen molar-refractivity contribution in [1.82, 2.24) is 0 Å². The highest BCUT2D eigenvalue weighted by Gasteiger charge is 2.62. The molecule has 0 fully saturated rings. The highest BCUT2D eigenvalue weighted by atomic mass is 19.4. The number of alkyl halides is 5. The summed E-state index contributed by atoms with van der Waals surface area (Å²) in [5.74, 6) is -2.28. The normalized spacial score (nSPS) is 11.7. The molecule has 1 rings (SSSR count). The molecule has 11 heteroatoms. The number of benzene rings is 1. The predicted octanol–water partition coefficient (Wildman–Crippen LogP) is 3.05.